The highest BCUT2D eigenvalue weighted by Crippen LogP contribution is 2.20. The van der Waals surface area contributed by atoms with Gasteiger partial charge >= 0.3 is 6.09 Å². The number of carbonyl (C=O) groups is 2. The Hall–Kier alpha value is -3.60. The average Bonchev–Trinajstić information content (AvgIpc) is 2.84. The molecule has 0 saturated carbocycles. The highest BCUT2D eigenvalue weighted by molar-refractivity contribution is 7.92. The van der Waals surface area contributed by atoms with Crippen LogP contribution in [0.3, 0.4) is 0 Å². The molecule has 1 aliphatic heterocycles. The van der Waals surface area contributed by atoms with Gasteiger partial charge in [-0.3, -0.25) is 9.52 Å². The molecule has 2 N–H and O–H groups in total. The Bertz CT molecular complexity index is 1120. The van der Waals surface area contributed by atoms with E-state index in [2.05, 4.69) is 15.2 Å². The van der Waals surface area contributed by atoms with Crippen LogP contribution < -0.4 is 14.9 Å². The number of hydrogen-bond donors (Lipinski definition) is 2. The minimum atomic E-state index is -3.78. The first-order chi connectivity index (χ1) is 16.3. The molecular formula is C23H28N4O6S. The SMILES string of the molecule is CCOC(=O)N1CCC(=NNC(=O)c2ccc(NS(=O)(=O)c3ccc(OCC)cc3)cc2)CC1. The molecule has 0 atom stereocenters. The van der Waals surface area contributed by atoms with Crippen molar-refractivity contribution in [3.8, 4) is 5.75 Å². The summed E-state index contributed by atoms with van der Waals surface area (Å²) in [5.74, 6) is 0.172. The number of nitrogens with zero attached hydrogens (tertiary/aromatic N) is 2. The Labute approximate surface area is 199 Å². The fourth-order valence-electron chi connectivity index (χ4n) is 3.25. The Balaban J connectivity index is 1.54. The third kappa shape index (κ3) is 6.70. The number of rotatable bonds is 8. The van der Waals surface area contributed by atoms with E-state index in [1.165, 1.54) is 36.4 Å². The van der Waals surface area contributed by atoms with Gasteiger partial charge in [0.05, 0.1) is 18.1 Å². The van der Waals surface area contributed by atoms with Crippen LogP contribution in [0.15, 0.2) is 58.5 Å². The number of amides is 2. The van der Waals surface area contributed by atoms with E-state index in [1.54, 1.807) is 24.0 Å². The normalized spacial score (nSPS) is 13.7. The molecule has 2 aromatic carbocycles. The number of hydrogen-bond acceptors (Lipinski definition) is 7. The van der Waals surface area contributed by atoms with E-state index in [9.17, 15) is 18.0 Å². The summed E-state index contributed by atoms with van der Waals surface area (Å²) in [6.45, 7) is 5.39. The molecule has 1 saturated heterocycles. The summed E-state index contributed by atoms with van der Waals surface area (Å²) in [5, 5.41) is 4.16. The van der Waals surface area contributed by atoms with Gasteiger partial charge < -0.3 is 14.4 Å². The van der Waals surface area contributed by atoms with Gasteiger partial charge in [0.15, 0.2) is 0 Å². The van der Waals surface area contributed by atoms with Crippen LogP contribution in [0.4, 0.5) is 10.5 Å². The van der Waals surface area contributed by atoms with Crippen molar-refractivity contribution >= 4 is 33.4 Å². The van der Waals surface area contributed by atoms with Crippen molar-refractivity contribution in [2.75, 3.05) is 31.0 Å². The van der Waals surface area contributed by atoms with Crippen molar-refractivity contribution in [1.29, 1.82) is 0 Å². The summed E-state index contributed by atoms with van der Waals surface area (Å²) in [7, 11) is -3.78. The highest BCUT2D eigenvalue weighted by atomic mass is 32.2. The Kier molecular flexibility index (Phi) is 8.47. The molecule has 0 aliphatic carbocycles. The van der Waals surface area contributed by atoms with E-state index in [-0.39, 0.29) is 11.0 Å². The van der Waals surface area contributed by atoms with Crippen molar-refractivity contribution < 1.29 is 27.5 Å². The Morgan fingerprint density at radius 3 is 2.21 bits per heavy atom. The summed E-state index contributed by atoms with van der Waals surface area (Å²) in [4.78, 5) is 25.8. The van der Waals surface area contributed by atoms with Gasteiger partial charge in [-0.2, -0.15) is 5.10 Å². The van der Waals surface area contributed by atoms with Crippen molar-refractivity contribution in [3.05, 3.63) is 54.1 Å². The Morgan fingerprint density at radius 2 is 1.62 bits per heavy atom. The van der Waals surface area contributed by atoms with Crippen LogP contribution in [0.5, 0.6) is 5.75 Å². The van der Waals surface area contributed by atoms with Crippen LogP contribution >= 0.6 is 0 Å². The molecule has 0 bridgehead atoms. The lowest BCUT2D eigenvalue weighted by molar-refractivity contribution is 0.0951. The highest BCUT2D eigenvalue weighted by Gasteiger charge is 2.21. The minimum absolute atomic E-state index is 0.0996. The first-order valence-electron chi connectivity index (χ1n) is 11.0. The van der Waals surface area contributed by atoms with Crippen molar-refractivity contribution in [2.45, 2.75) is 31.6 Å². The van der Waals surface area contributed by atoms with Gasteiger partial charge in [-0.15, -0.1) is 0 Å². The molecule has 11 heteroatoms. The Morgan fingerprint density at radius 1 is 0.971 bits per heavy atom. The zero-order valence-corrected chi connectivity index (χ0v) is 19.9. The maximum absolute atomic E-state index is 12.6. The number of carbonyl (C=O) groups excluding carboxylic acids is 2. The van der Waals surface area contributed by atoms with E-state index >= 15 is 0 Å². The third-order valence-corrected chi connectivity index (χ3v) is 6.42. The van der Waals surface area contributed by atoms with Crippen LogP contribution in [0, 0.1) is 0 Å². The minimum Gasteiger partial charge on any atom is -0.494 e. The molecule has 1 heterocycles. The number of hydrazone groups is 1. The van der Waals surface area contributed by atoms with Gasteiger partial charge in [0.25, 0.3) is 15.9 Å². The zero-order chi connectivity index (χ0) is 24.6. The smallest absolute Gasteiger partial charge is 0.409 e. The van der Waals surface area contributed by atoms with Crippen LogP contribution in [0.2, 0.25) is 0 Å². The van der Waals surface area contributed by atoms with E-state index in [0.717, 1.165) is 5.71 Å². The summed E-state index contributed by atoms with van der Waals surface area (Å²) in [6, 6.07) is 12.1. The van der Waals surface area contributed by atoms with Gasteiger partial charge in [0, 0.05) is 42.9 Å². The fourth-order valence-corrected chi connectivity index (χ4v) is 4.31. The molecule has 182 valence electrons. The molecule has 3 rings (SSSR count). The molecule has 0 spiro atoms. The number of anilines is 1. The first kappa shape index (κ1) is 25.0. The molecule has 2 amide bonds. The topological polar surface area (TPSA) is 126 Å². The van der Waals surface area contributed by atoms with E-state index < -0.39 is 15.9 Å². The molecule has 34 heavy (non-hydrogen) atoms. The zero-order valence-electron chi connectivity index (χ0n) is 19.1. The van der Waals surface area contributed by atoms with Gasteiger partial charge in [-0.05, 0) is 62.4 Å². The van der Waals surface area contributed by atoms with Crippen molar-refractivity contribution in [3.63, 3.8) is 0 Å². The lowest BCUT2D eigenvalue weighted by Crippen LogP contribution is -2.39. The number of piperidine rings is 1. The van der Waals surface area contributed by atoms with Crippen LogP contribution in [-0.2, 0) is 14.8 Å². The molecular weight excluding hydrogens is 460 g/mol. The lowest BCUT2D eigenvalue weighted by atomic mass is 10.1. The second kappa shape index (κ2) is 11.5. The second-order valence-corrected chi connectivity index (χ2v) is 9.07. The van der Waals surface area contributed by atoms with Gasteiger partial charge in [-0.25, -0.2) is 18.6 Å². The number of benzene rings is 2. The molecule has 1 aliphatic rings. The van der Waals surface area contributed by atoms with Gasteiger partial charge in [-0.1, -0.05) is 0 Å². The summed E-state index contributed by atoms with van der Waals surface area (Å²) in [6.07, 6.45) is 0.750. The van der Waals surface area contributed by atoms with E-state index in [1.807, 2.05) is 6.92 Å². The third-order valence-electron chi connectivity index (χ3n) is 5.03. The first-order valence-corrected chi connectivity index (χ1v) is 12.4. The summed E-state index contributed by atoms with van der Waals surface area (Å²) < 4.78 is 38.0. The molecule has 1 fully saturated rings. The standard InChI is InChI=1S/C23H28N4O6S/c1-3-32-20-9-11-21(12-10-20)34(30,31)26-19-7-5-17(6-8-19)22(28)25-24-18-13-15-27(16-14-18)23(29)33-4-2/h5-12,26H,3-4,13-16H2,1-2H3,(H,25,28). The van der Waals surface area contributed by atoms with Crippen molar-refractivity contribution in [2.24, 2.45) is 5.10 Å². The predicted molar refractivity (Wildman–Crippen MR) is 128 cm³/mol. The van der Waals surface area contributed by atoms with Gasteiger partial charge in [0.1, 0.15) is 5.75 Å². The molecule has 0 unspecified atom stereocenters. The predicted octanol–water partition coefficient (Wildman–Crippen LogP) is 3.22. The maximum atomic E-state index is 12.6. The average molecular weight is 489 g/mol. The largest absolute Gasteiger partial charge is 0.494 e. The molecule has 10 nitrogen and oxygen atoms in total. The van der Waals surface area contributed by atoms with Crippen LogP contribution in [0.25, 0.3) is 0 Å². The van der Waals surface area contributed by atoms with Crippen LogP contribution in [0.1, 0.15) is 37.0 Å². The second-order valence-electron chi connectivity index (χ2n) is 7.39. The van der Waals surface area contributed by atoms with Gasteiger partial charge in [0.2, 0.25) is 0 Å². The maximum Gasteiger partial charge on any atom is 0.409 e. The van der Waals surface area contributed by atoms with Crippen LogP contribution in [-0.4, -0.2) is 57.3 Å². The molecule has 0 radical (unpaired) electrons. The monoisotopic (exact) mass is 488 g/mol. The fraction of sp³-hybridized carbons (Fsp3) is 0.348. The molecule has 0 aromatic heterocycles. The summed E-state index contributed by atoms with van der Waals surface area (Å²) >= 11 is 0. The van der Waals surface area contributed by atoms with Crippen molar-refractivity contribution in [1.82, 2.24) is 10.3 Å². The number of ether oxygens (including phenoxy) is 2. The summed E-state index contributed by atoms with van der Waals surface area (Å²) in [5.41, 5.74) is 3.95. The number of nitrogens with one attached hydrogen (secondary N) is 2. The quantitative estimate of drug-likeness (QED) is 0.550. The van der Waals surface area contributed by atoms with E-state index in [4.69, 9.17) is 9.47 Å². The number of sulfonamides is 1. The number of likely N-dealkylation sites (tertiary alicyclic amines) is 1. The van der Waals surface area contributed by atoms with E-state index in [0.29, 0.717) is 56.1 Å². The molecule has 2 aromatic rings. The lowest BCUT2D eigenvalue weighted by Gasteiger charge is -2.26.